The van der Waals surface area contributed by atoms with Crippen LogP contribution in [0.2, 0.25) is 0 Å². The molecule has 88 valence electrons. The number of thiophene rings is 1. The summed E-state index contributed by atoms with van der Waals surface area (Å²) in [5.74, 6) is -2.58. The van der Waals surface area contributed by atoms with Gasteiger partial charge in [0.15, 0.2) is 0 Å². The lowest BCUT2D eigenvalue weighted by molar-refractivity contribution is -0.126. The summed E-state index contributed by atoms with van der Waals surface area (Å²) in [5.41, 5.74) is 1.01. The molecule has 2 rings (SSSR count). The highest BCUT2D eigenvalue weighted by Gasteiger charge is 2.37. The quantitative estimate of drug-likeness (QED) is 0.792. The maximum absolute atomic E-state index is 12.9. The number of rotatable bonds is 3. The summed E-state index contributed by atoms with van der Waals surface area (Å²) in [6.07, 6.45) is 0.825. The van der Waals surface area contributed by atoms with Crippen LogP contribution in [0.3, 0.4) is 0 Å². The molecule has 1 aliphatic carbocycles. The Hall–Kier alpha value is -0.770. The van der Waals surface area contributed by atoms with Gasteiger partial charge in [-0.15, -0.1) is 0 Å². The van der Waals surface area contributed by atoms with Crippen molar-refractivity contribution in [1.82, 2.24) is 0 Å². The Morgan fingerprint density at radius 3 is 2.69 bits per heavy atom. The molecule has 0 radical (unpaired) electrons. The van der Waals surface area contributed by atoms with E-state index in [0.717, 1.165) is 5.56 Å². The van der Waals surface area contributed by atoms with Gasteiger partial charge in [0.05, 0.1) is 0 Å². The number of ketones is 1. The summed E-state index contributed by atoms with van der Waals surface area (Å²) in [6.45, 7) is 0. The van der Waals surface area contributed by atoms with Gasteiger partial charge in [-0.1, -0.05) is 0 Å². The molecule has 1 heterocycles. The van der Waals surface area contributed by atoms with Crippen molar-refractivity contribution in [3.05, 3.63) is 22.4 Å². The van der Waals surface area contributed by atoms with E-state index in [9.17, 15) is 13.6 Å². The van der Waals surface area contributed by atoms with E-state index in [1.165, 1.54) is 0 Å². The van der Waals surface area contributed by atoms with Crippen LogP contribution in [0.1, 0.15) is 31.2 Å². The van der Waals surface area contributed by atoms with Crippen LogP contribution in [0.4, 0.5) is 8.78 Å². The molecule has 1 nitrogen and oxygen atoms in total. The average Bonchev–Trinajstić information content (AvgIpc) is 2.70. The average molecular weight is 244 g/mol. The van der Waals surface area contributed by atoms with Gasteiger partial charge in [0, 0.05) is 25.2 Å². The number of hydrogen-bond donors (Lipinski definition) is 0. The minimum atomic E-state index is -2.54. The monoisotopic (exact) mass is 244 g/mol. The largest absolute Gasteiger partial charge is 0.299 e. The van der Waals surface area contributed by atoms with Crippen molar-refractivity contribution < 1.29 is 13.6 Å². The highest BCUT2D eigenvalue weighted by atomic mass is 32.1. The Balaban J connectivity index is 1.87. The third kappa shape index (κ3) is 2.88. The normalized spacial score (nSPS) is 20.9. The maximum Gasteiger partial charge on any atom is 0.248 e. The Bertz CT molecular complexity index is 349. The van der Waals surface area contributed by atoms with Gasteiger partial charge >= 0.3 is 0 Å². The summed E-state index contributed by atoms with van der Waals surface area (Å²) in [7, 11) is 0. The fraction of sp³-hybridized carbons (Fsp3) is 0.583. The molecule has 0 aromatic carbocycles. The summed E-state index contributed by atoms with van der Waals surface area (Å²) < 4.78 is 25.8. The molecule has 0 unspecified atom stereocenters. The highest BCUT2D eigenvalue weighted by Crippen LogP contribution is 2.36. The molecule has 0 bridgehead atoms. The standard InChI is InChI=1S/C12H14F2OS/c13-12(14)4-1-10(2-5-12)11(15)7-9-3-6-16-8-9/h3,6,8,10H,1-2,4-5,7H2. The minimum Gasteiger partial charge on any atom is -0.299 e. The van der Waals surface area contributed by atoms with Crippen molar-refractivity contribution in [2.75, 3.05) is 0 Å². The molecule has 1 saturated carbocycles. The molecule has 1 aromatic rings. The summed E-state index contributed by atoms with van der Waals surface area (Å²) in [4.78, 5) is 11.8. The molecule has 1 fully saturated rings. The number of carbonyl (C=O) groups is 1. The minimum absolute atomic E-state index is 0.119. The van der Waals surface area contributed by atoms with E-state index in [2.05, 4.69) is 0 Å². The van der Waals surface area contributed by atoms with Gasteiger partial charge in [-0.25, -0.2) is 8.78 Å². The number of carbonyl (C=O) groups excluding carboxylic acids is 1. The summed E-state index contributed by atoms with van der Waals surface area (Å²) in [6, 6.07) is 1.92. The molecule has 0 aliphatic heterocycles. The first-order chi connectivity index (χ1) is 7.57. The maximum atomic E-state index is 12.9. The fourth-order valence-electron chi connectivity index (χ4n) is 2.10. The first-order valence-corrected chi connectivity index (χ1v) is 6.43. The molecular formula is C12H14F2OS. The third-order valence-corrected chi connectivity index (χ3v) is 3.86. The number of alkyl halides is 2. The van der Waals surface area contributed by atoms with E-state index in [1.807, 2.05) is 16.8 Å². The van der Waals surface area contributed by atoms with Crippen LogP contribution in [0, 0.1) is 5.92 Å². The van der Waals surface area contributed by atoms with Crippen LogP contribution in [0.15, 0.2) is 16.8 Å². The third-order valence-electron chi connectivity index (χ3n) is 3.13. The number of halogens is 2. The van der Waals surface area contributed by atoms with Crippen molar-refractivity contribution >= 4 is 17.1 Å². The zero-order valence-corrected chi connectivity index (χ0v) is 9.73. The highest BCUT2D eigenvalue weighted by molar-refractivity contribution is 7.07. The predicted octanol–water partition coefficient (Wildman–Crippen LogP) is 3.69. The Labute approximate surface area is 97.5 Å². The van der Waals surface area contributed by atoms with Crippen molar-refractivity contribution in [1.29, 1.82) is 0 Å². The van der Waals surface area contributed by atoms with Crippen LogP contribution in [-0.4, -0.2) is 11.7 Å². The van der Waals surface area contributed by atoms with Crippen molar-refractivity contribution in [3.8, 4) is 0 Å². The second kappa shape index (κ2) is 4.62. The van der Waals surface area contributed by atoms with Crippen LogP contribution < -0.4 is 0 Å². The summed E-state index contributed by atoms with van der Waals surface area (Å²) >= 11 is 1.56. The molecule has 4 heteroatoms. The van der Waals surface area contributed by atoms with E-state index in [4.69, 9.17) is 0 Å². The van der Waals surface area contributed by atoms with Crippen LogP contribution >= 0.6 is 11.3 Å². The number of hydrogen-bond acceptors (Lipinski definition) is 2. The van der Waals surface area contributed by atoms with Gasteiger partial charge in [-0.05, 0) is 35.2 Å². The fourth-order valence-corrected chi connectivity index (χ4v) is 2.77. The lowest BCUT2D eigenvalue weighted by atomic mass is 9.82. The topological polar surface area (TPSA) is 17.1 Å². The zero-order valence-electron chi connectivity index (χ0n) is 8.92. The SMILES string of the molecule is O=C(Cc1ccsc1)C1CCC(F)(F)CC1. The molecule has 0 atom stereocenters. The van der Waals surface area contributed by atoms with Gasteiger partial charge in [0.2, 0.25) is 5.92 Å². The molecular weight excluding hydrogens is 230 g/mol. The lowest BCUT2D eigenvalue weighted by Crippen LogP contribution is -2.29. The van der Waals surface area contributed by atoms with Gasteiger partial charge in [-0.3, -0.25) is 4.79 Å². The summed E-state index contributed by atoms with van der Waals surface area (Å²) in [5, 5.41) is 3.87. The molecule has 0 N–H and O–H groups in total. The Morgan fingerprint density at radius 2 is 2.12 bits per heavy atom. The predicted molar refractivity (Wildman–Crippen MR) is 59.9 cm³/mol. The van der Waals surface area contributed by atoms with E-state index < -0.39 is 5.92 Å². The lowest BCUT2D eigenvalue weighted by Gasteiger charge is -2.27. The van der Waals surface area contributed by atoms with Crippen LogP contribution in [0.5, 0.6) is 0 Å². The smallest absolute Gasteiger partial charge is 0.248 e. The Morgan fingerprint density at radius 1 is 1.44 bits per heavy atom. The van der Waals surface area contributed by atoms with Gasteiger partial charge < -0.3 is 0 Å². The second-order valence-electron chi connectivity index (χ2n) is 4.40. The zero-order chi connectivity index (χ0) is 11.6. The van der Waals surface area contributed by atoms with Crippen molar-refractivity contribution in [2.24, 2.45) is 5.92 Å². The van der Waals surface area contributed by atoms with Crippen LogP contribution in [0.25, 0.3) is 0 Å². The molecule has 0 amide bonds. The van der Waals surface area contributed by atoms with Gasteiger partial charge in [0.1, 0.15) is 5.78 Å². The first kappa shape index (κ1) is 11.7. The van der Waals surface area contributed by atoms with E-state index in [0.29, 0.717) is 19.3 Å². The molecule has 1 aliphatic rings. The van der Waals surface area contributed by atoms with E-state index >= 15 is 0 Å². The number of Topliss-reactive ketones (excluding diaryl/α,β-unsaturated/α-hetero) is 1. The first-order valence-electron chi connectivity index (χ1n) is 5.48. The van der Waals surface area contributed by atoms with E-state index in [-0.39, 0.29) is 24.5 Å². The van der Waals surface area contributed by atoms with Crippen molar-refractivity contribution in [2.45, 2.75) is 38.0 Å². The van der Waals surface area contributed by atoms with Gasteiger partial charge in [0.25, 0.3) is 0 Å². The van der Waals surface area contributed by atoms with Gasteiger partial charge in [-0.2, -0.15) is 11.3 Å². The molecule has 16 heavy (non-hydrogen) atoms. The van der Waals surface area contributed by atoms with E-state index in [1.54, 1.807) is 11.3 Å². The molecule has 0 saturated heterocycles. The molecule has 1 aromatic heterocycles. The second-order valence-corrected chi connectivity index (χ2v) is 5.18. The van der Waals surface area contributed by atoms with Crippen molar-refractivity contribution in [3.63, 3.8) is 0 Å². The molecule has 0 spiro atoms. The van der Waals surface area contributed by atoms with Crippen LogP contribution in [-0.2, 0) is 11.2 Å². The Kier molecular flexibility index (Phi) is 3.38.